The Morgan fingerprint density at radius 3 is 2.69 bits per heavy atom. The van der Waals surface area contributed by atoms with E-state index in [0.29, 0.717) is 10.4 Å². The van der Waals surface area contributed by atoms with Crippen LogP contribution < -0.4 is 5.73 Å². The number of nitrogens with zero attached hydrogens (tertiary/aromatic N) is 1. The van der Waals surface area contributed by atoms with Crippen LogP contribution in [0.5, 0.6) is 0 Å². The highest BCUT2D eigenvalue weighted by molar-refractivity contribution is 7.80. The van der Waals surface area contributed by atoms with Crippen LogP contribution in [0.1, 0.15) is 33.1 Å². The first-order valence-electron chi connectivity index (χ1n) is 5.00. The predicted molar refractivity (Wildman–Crippen MR) is 60.9 cm³/mol. The summed E-state index contributed by atoms with van der Waals surface area (Å²) in [5, 5.41) is 0. The van der Waals surface area contributed by atoms with Gasteiger partial charge in [-0.25, -0.2) is 0 Å². The molecule has 1 rings (SSSR count). The van der Waals surface area contributed by atoms with Crippen molar-refractivity contribution < 1.29 is 0 Å². The molecule has 2 N–H and O–H groups in total. The van der Waals surface area contributed by atoms with E-state index in [-0.39, 0.29) is 0 Å². The van der Waals surface area contributed by atoms with Gasteiger partial charge in [0.05, 0.1) is 4.99 Å². The van der Waals surface area contributed by atoms with E-state index in [4.69, 9.17) is 18.0 Å². The lowest BCUT2D eigenvalue weighted by molar-refractivity contribution is 0.289. The van der Waals surface area contributed by atoms with Gasteiger partial charge in [-0.3, -0.25) is 0 Å². The molecule has 0 amide bonds. The maximum atomic E-state index is 5.44. The second kappa shape index (κ2) is 4.38. The van der Waals surface area contributed by atoms with Gasteiger partial charge in [0.15, 0.2) is 0 Å². The predicted octanol–water partition coefficient (Wildman–Crippen LogP) is 1.78. The van der Waals surface area contributed by atoms with Crippen LogP contribution in [0.2, 0.25) is 0 Å². The second-order valence-corrected chi connectivity index (χ2v) is 5.28. The molecule has 2 nitrogen and oxygen atoms in total. The molecule has 0 radical (unpaired) electrons. The van der Waals surface area contributed by atoms with Gasteiger partial charge in [0.1, 0.15) is 0 Å². The smallest absolute Gasteiger partial charge is 0.0727 e. The number of hydrogen-bond acceptors (Lipinski definition) is 2. The molecule has 0 spiro atoms. The lowest BCUT2D eigenvalue weighted by atomic mass is 9.93. The molecule has 1 aliphatic heterocycles. The largest absolute Gasteiger partial charge is 0.393 e. The van der Waals surface area contributed by atoms with Crippen LogP contribution in [-0.2, 0) is 0 Å². The molecule has 0 saturated carbocycles. The lowest BCUT2D eigenvalue weighted by Gasteiger charge is -2.19. The Morgan fingerprint density at radius 1 is 1.54 bits per heavy atom. The van der Waals surface area contributed by atoms with Crippen molar-refractivity contribution in [3.8, 4) is 0 Å². The van der Waals surface area contributed by atoms with Gasteiger partial charge in [-0.05, 0) is 37.8 Å². The Kier molecular flexibility index (Phi) is 3.68. The van der Waals surface area contributed by atoms with Crippen molar-refractivity contribution in [1.82, 2.24) is 4.90 Å². The van der Waals surface area contributed by atoms with Crippen molar-refractivity contribution in [2.75, 3.05) is 19.6 Å². The van der Waals surface area contributed by atoms with Crippen molar-refractivity contribution in [2.45, 2.75) is 33.1 Å². The Labute approximate surface area is 86.5 Å². The zero-order chi connectivity index (χ0) is 9.90. The van der Waals surface area contributed by atoms with E-state index in [0.717, 1.165) is 19.4 Å². The highest BCUT2D eigenvalue weighted by Gasteiger charge is 2.28. The molecule has 1 fully saturated rings. The molecule has 1 heterocycles. The van der Waals surface area contributed by atoms with E-state index in [1.54, 1.807) is 0 Å². The summed E-state index contributed by atoms with van der Waals surface area (Å²) in [6.45, 7) is 8.29. The third kappa shape index (κ3) is 4.05. The average Bonchev–Trinajstić information content (AvgIpc) is 2.29. The summed E-state index contributed by atoms with van der Waals surface area (Å²) in [5.41, 5.74) is 5.96. The van der Waals surface area contributed by atoms with Crippen molar-refractivity contribution >= 4 is 17.2 Å². The molecule has 1 aliphatic rings. The third-order valence-corrected chi connectivity index (χ3v) is 2.86. The molecule has 3 heteroatoms. The maximum Gasteiger partial charge on any atom is 0.0727 e. The van der Waals surface area contributed by atoms with E-state index in [1.165, 1.54) is 19.5 Å². The molecular formula is C10H20N2S. The average molecular weight is 200 g/mol. The fraction of sp³-hybridized carbons (Fsp3) is 0.900. The quantitative estimate of drug-likeness (QED) is 0.702. The summed E-state index contributed by atoms with van der Waals surface area (Å²) >= 11 is 4.84. The summed E-state index contributed by atoms with van der Waals surface area (Å²) in [4.78, 5) is 3.16. The zero-order valence-corrected chi connectivity index (χ0v) is 9.49. The topological polar surface area (TPSA) is 29.3 Å². The van der Waals surface area contributed by atoms with Gasteiger partial charge < -0.3 is 10.6 Å². The number of rotatable bonds is 4. The van der Waals surface area contributed by atoms with Gasteiger partial charge in [-0.15, -0.1) is 0 Å². The molecule has 0 aromatic heterocycles. The van der Waals surface area contributed by atoms with Crippen molar-refractivity contribution in [2.24, 2.45) is 11.1 Å². The summed E-state index contributed by atoms with van der Waals surface area (Å²) in [5.74, 6) is 0. The number of hydrogen-bond donors (Lipinski definition) is 1. The lowest BCUT2D eigenvalue weighted by Crippen LogP contribution is -2.25. The van der Waals surface area contributed by atoms with E-state index in [9.17, 15) is 0 Å². The molecule has 1 saturated heterocycles. The Hall–Kier alpha value is -0.150. The molecule has 13 heavy (non-hydrogen) atoms. The second-order valence-electron chi connectivity index (χ2n) is 4.76. The molecular weight excluding hydrogens is 180 g/mol. The van der Waals surface area contributed by atoms with Crippen molar-refractivity contribution in [3.05, 3.63) is 0 Å². The van der Waals surface area contributed by atoms with Crippen LogP contribution in [0.15, 0.2) is 0 Å². The first-order chi connectivity index (χ1) is 5.99. The van der Waals surface area contributed by atoms with Gasteiger partial charge in [0, 0.05) is 6.54 Å². The minimum absolute atomic E-state index is 0.517. The molecule has 76 valence electrons. The van der Waals surface area contributed by atoms with Gasteiger partial charge in [-0.1, -0.05) is 26.1 Å². The van der Waals surface area contributed by atoms with Gasteiger partial charge in [0.2, 0.25) is 0 Å². The van der Waals surface area contributed by atoms with Crippen LogP contribution in [0.25, 0.3) is 0 Å². The van der Waals surface area contributed by atoms with Gasteiger partial charge in [-0.2, -0.15) is 0 Å². The summed E-state index contributed by atoms with van der Waals surface area (Å²) in [6.07, 6.45) is 3.33. The SMILES string of the molecule is CC1(C)CCN(CCCC(N)=S)C1. The Balaban J connectivity index is 2.14. The highest BCUT2D eigenvalue weighted by atomic mass is 32.1. The Morgan fingerprint density at radius 2 is 2.23 bits per heavy atom. The maximum absolute atomic E-state index is 5.44. The third-order valence-electron chi connectivity index (χ3n) is 2.65. The van der Waals surface area contributed by atoms with E-state index in [1.807, 2.05) is 0 Å². The van der Waals surface area contributed by atoms with E-state index in [2.05, 4.69) is 18.7 Å². The minimum atomic E-state index is 0.517. The van der Waals surface area contributed by atoms with Crippen molar-refractivity contribution in [3.63, 3.8) is 0 Å². The number of nitrogens with two attached hydrogens (primary N) is 1. The van der Waals surface area contributed by atoms with Crippen LogP contribution in [0, 0.1) is 5.41 Å². The van der Waals surface area contributed by atoms with E-state index >= 15 is 0 Å². The fourth-order valence-electron chi connectivity index (χ4n) is 1.89. The number of likely N-dealkylation sites (tertiary alicyclic amines) is 1. The zero-order valence-electron chi connectivity index (χ0n) is 8.68. The summed E-state index contributed by atoms with van der Waals surface area (Å²) in [7, 11) is 0. The summed E-state index contributed by atoms with van der Waals surface area (Å²) < 4.78 is 0. The van der Waals surface area contributed by atoms with Crippen LogP contribution in [0.3, 0.4) is 0 Å². The molecule has 0 aromatic rings. The van der Waals surface area contributed by atoms with Gasteiger partial charge >= 0.3 is 0 Å². The van der Waals surface area contributed by atoms with Crippen LogP contribution >= 0.6 is 12.2 Å². The monoisotopic (exact) mass is 200 g/mol. The Bertz CT molecular complexity index is 189. The molecule has 0 bridgehead atoms. The standard InChI is InChI=1S/C10H20N2S/c1-10(2)5-7-12(8-10)6-3-4-9(11)13/h3-8H2,1-2H3,(H2,11,13). The summed E-state index contributed by atoms with van der Waals surface area (Å²) in [6, 6.07) is 0. The number of thiocarbonyl (C=S) groups is 1. The van der Waals surface area contributed by atoms with E-state index < -0.39 is 0 Å². The normalized spacial score (nSPS) is 22.0. The molecule has 0 aromatic carbocycles. The molecule has 0 unspecified atom stereocenters. The fourth-order valence-corrected chi connectivity index (χ4v) is 2.04. The van der Waals surface area contributed by atoms with Crippen molar-refractivity contribution in [1.29, 1.82) is 0 Å². The molecule has 0 aliphatic carbocycles. The van der Waals surface area contributed by atoms with Crippen LogP contribution in [-0.4, -0.2) is 29.5 Å². The minimum Gasteiger partial charge on any atom is -0.393 e. The first kappa shape index (κ1) is 10.9. The highest BCUT2D eigenvalue weighted by Crippen LogP contribution is 2.28. The first-order valence-corrected chi connectivity index (χ1v) is 5.41. The van der Waals surface area contributed by atoms with Crippen LogP contribution in [0.4, 0.5) is 0 Å². The van der Waals surface area contributed by atoms with Gasteiger partial charge in [0.25, 0.3) is 0 Å². The molecule has 0 atom stereocenters.